The van der Waals surface area contributed by atoms with Crippen molar-refractivity contribution >= 4 is 5.97 Å². The first kappa shape index (κ1) is 13.1. The fourth-order valence-electron chi connectivity index (χ4n) is 2.73. The van der Waals surface area contributed by atoms with Crippen LogP contribution in [0.4, 0.5) is 0 Å². The Morgan fingerprint density at radius 2 is 2.28 bits per heavy atom. The van der Waals surface area contributed by atoms with Gasteiger partial charge in [0.05, 0.1) is 11.1 Å². The van der Waals surface area contributed by atoms with Gasteiger partial charge in [-0.2, -0.15) is 5.10 Å². The summed E-state index contributed by atoms with van der Waals surface area (Å²) in [4.78, 5) is 13.5. The van der Waals surface area contributed by atoms with Crippen molar-refractivity contribution < 1.29 is 9.90 Å². The summed E-state index contributed by atoms with van der Waals surface area (Å²) in [5.74, 6) is -0.694. The second-order valence-corrected chi connectivity index (χ2v) is 5.61. The number of hydrogen-bond donors (Lipinski definition) is 1. The smallest absolute Gasteiger partial charge is 0.310 e. The van der Waals surface area contributed by atoms with E-state index in [-0.39, 0.29) is 6.04 Å². The maximum Gasteiger partial charge on any atom is 0.310 e. The minimum Gasteiger partial charge on any atom is -0.481 e. The van der Waals surface area contributed by atoms with Gasteiger partial charge in [0.1, 0.15) is 0 Å². The molecule has 0 aliphatic carbocycles. The maximum absolute atomic E-state index is 11.3. The SMILES string of the molecule is Cc1nn(C)cc1C(C)N1CCC(C)(C(=O)O)C1. The number of likely N-dealkylation sites (tertiary alicyclic amines) is 1. The highest BCUT2D eigenvalue weighted by Gasteiger charge is 2.42. The van der Waals surface area contributed by atoms with Gasteiger partial charge in [0, 0.05) is 31.4 Å². The molecule has 2 unspecified atom stereocenters. The van der Waals surface area contributed by atoms with E-state index >= 15 is 0 Å². The lowest BCUT2D eigenvalue weighted by Crippen LogP contribution is -2.33. The number of nitrogens with zero attached hydrogens (tertiary/aromatic N) is 3. The van der Waals surface area contributed by atoms with E-state index in [9.17, 15) is 9.90 Å². The molecule has 2 atom stereocenters. The van der Waals surface area contributed by atoms with Crippen molar-refractivity contribution in [2.45, 2.75) is 33.2 Å². The van der Waals surface area contributed by atoms with Crippen LogP contribution < -0.4 is 0 Å². The Labute approximate surface area is 107 Å². The molecule has 1 aromatic heterocycles. The van der Waals surface area contributed by atoms with Crippen molar-refractivity contribution in [3.63, 3.8) is 0 Å². The zero-order valence-electron chi connectivity index (χ0n) is 11.5. The first-order valence-corrected chi connectivity index (χ1v) is 6.31. The first-order chi connectivity index (χ1) is 8.33. The molecule has 2 rings (SSSR count). The number of carboxylic acid groups (broad SMARTS) is 1. The first-order valence-electron chi connectivity index (χ1n) is 6.31. The summed E-state index contributed by atoms with van der Waals surface area (Å²) >= 11 is 0. The molecule has 18 heavy (non-hydrogen) atoms. The van der Waals surface area contributed by atoms with Crippen molar-refractivity contribution in [3.8, 4) is 0 Å². The molecular formula is C13H21N3O2. The van der Waals surface area contributed by atoms with Gasteiger partial charge in [-0.25, -0.2) is 0 Å². The zero-order valence-corrected chi connectivity index (χ0v) is 11.5. The van der Waals surface area contributed by atoms with Crippen LogP contribution in [-0.4, -0.2) is 38.8 Å². The van der Waals surface area contributed by atoms with Gasteiger partial charge in [-0.05, 0) is 33.7 Å². The van der Waals surface area contributed by atoms with Gasteiger partial charge in [0.25, 0.3) is 0 Å². The lowest BCUT2D eigenvalue weighted by atomic mass is 9.90. The number of aromatic nitrogens is 2. The Kier molecular flexibility index (Phi) is 3.19. The van der Waals surface area contributed by atoms with Crippen LogP contribution in [0.2, 0.25) is 0 Å². The molecule has 0 aromatic carbocycles. The number of aliphatic carboxylic acids is 1. The zero-order chi connectivity index (χ0) is 13.5. The number of rotatable bonds is 3. The third kappa shape index (κ3) is 2.14. The van der Waals surface area contributed by atoms with Gasteiger partial charge in [-0.15, -0.1) is 0 Å². The molecule has 5 nitrogen and oxygen atoms in total. The monoisotopic (exact) mass is 251 g/mol. The highest BCUT2D eigenvalue weighted by atomic mass is 16.4. The van der Waals surface area contributed by atoms with Crippen LogP contribution in [0.15, 0.2) is 6.20 Å². The highest BCUT2D eigenvalue weighted by molar-refractivity contribution is 5.74. The molecule has 0 saturated carbocycles. The fourth-order valence-corrected chi connectivity index (χ4v) is 2.73. The van der Waals surface area contributed by atoms with Crippen molar-refractivity contribution in [1.29, 1.82) is 0 Å². The topological polar surface area (TPSA) is 58.4 Å². The van der Waals surface area contributed by atoms with E-state index in [0.29, 0.717) is 13.0 Å². The number of carbonyl (C=O) groups is 1. The molecule has 1 aliphatic rings. The summed E-state index contributed by atoms with van der Waals surface area (Å²) in [6, 6.07) is 0.222. The van der Waals surface area contributed by atoms with Crippen LogP contribution in [0.3, 0.4) is 0 Å². The second kappa shape index (κ2) is 4.39. The normalized spacial score (nSPS) is 26.4. The third-order valence-corrected chi connectivity index (χ3v) is 4.07. The van der Waals surface area contributed by atoms with Crippen LogP contribution in [-0.2, 0) is 11.8 Å². The molecule has 2 heterocycles. The van der Waals surface area contributed by atoms with Gasteiger partial charge < -0.3 is 5.11 Å². The van der Waals surface area contributed by atoms with Crippen molar-refractivity contribution in [2.75, 3.05) is 13.1 Å². The molecule has 5 heteroatoms. The molecule has 1 saturated heterocycles. The van der Waals surface area contributed by atoms with Crippen LogP contribution in [0.5, 0.6) is 0 Å². The maximum atomic E-state index is 11.3. The lowest BCUT2D eigenvalue weighted by molar-refractivity contribution is -0.147. The molecule has 1 N–H and O–H groups in total. The summed E-state index contributed by atoms with van der Waals surface area (Å²) in [5, 5.41) is 13.6. The molecule has 0 amide bonds. The molecular weight excluding hydrogens is 230 g/mol. The molecule has 0 spiro atoms. The number of aryl methyl sites for hydroxylation is 2. The Balaban J connectivity index is 2.15. The standard InChI is InChI=1S/C13H21N3O2/c1-9-11(7-15(4)14-9)10(2)16-6-5-13(3,8-16)12(17)18/h7,10H,5-6,8H2,1-4H3,(H,17,18). The molecule has 1 aliphatic heterocycles. The largest absolute Gasteiger partial charge is 0.481 e. The predicted molar refractivity (Wildman–Crippen MR) is 68.3 cm³/mol. The van der Waals surface area contributed by atoms with Crippen molar-refractivity contribution in [3.05, 3.63) is 17.5 Å². The summed E-state index contributed by atoms with van der Waals surface area (Å²) in [5.41, 5.74) is 1.60. The molecule has 1 aromatic rings. The molecule has 100 valence electrons. The van der Waals surface area contributed by atoms with Crippen LogP contribution in [0.1, 0.15) is 37.6 Å². The second-order valence-electron chi connectivity index (χ2n) is 5.61. The Hall–Kier alpha value is -1.36. The van der Waals surface area contributed by atoms with E-state index in [0.717, 1.165) is 12.2 Å². The van der Waals surface area contributed by atoms with Gasteiger partial charge in [-0.3, -0.25) is 14.4 Å². The quantitative estimate of drug-likeness (QED) is 0.886. The Bertz CT molecular complexity index is 469. The van der Waals surface area contributed by atoms with Crippen LogP contribution in [0.25, 0.3) is 0 Å². The summed E-state index contributed by atoms with van der Waals surface area (Å²) in [7, 11) is 1.91. The third-order valence-electron chi connectivity index (χ3n) is 4.07. The fraction of sp³-hybridized carbons (Fsp3) is 0.692. The van der Waals surface area contributed by atoms with E-state index in [4.69, 9.17) is 0 Å². The lowest BCUT2D eigenvalue weighted by Gasteiger charge is -2.25. The van der Waals surface area contributed by atoms with E-state index in [1.807, 2.05) is 31.8 Å². The number of carboxylic acids is 1. The molecule has 0 bridgehead atoms. The molecule has 0 radical (unpaired) electrons. The Morgan fingerprint density at radius 3 is 2.72 bits per heavy atom. The molecule has 1 fully saturated rings. The van der Waals surface area contributed by atoms with Crippen LogP contribution >= 0.6 is 0 Å². The summed E-state index contributed by atoms with van der Waals surface area (Å²) in [6.45, 7) is 7.39. The average Bonchev–Trinajstić information content (AvgIpc) is 2.82. The predicted octanol–water partition coefficient (Wildman–Crippen LogP) is 1.59. The minimum atomic E-state index is -0.694. The van der Waals surface area contributed by atoms with E-state index in [1.54, 1.807) is 0 Å². The van der Waals surface area contributed by atoms with Crippen molar-refractivity contribution in [1.82, 2.24) is 14.7 Å². The van der Waals surface area contributed by atoms with Gasteiger partial charge in [0.15, 0.2) is 0 Å². The average molecular weight is 251 g/mol. The van der Waals surface area contributed by atoms with E-state index in [1.165, 1.54) is 5.56 Å². The van der Waals surface area contributed by atoms with Gasteiger partial charge in [0.2, 0.25) is 0 Å². The number of hydrogen-bond acceptors (Lipinski definition) is 3. The van der Waals surface area contributed by atoms with Gasteiger partial charge >= 0.3 is 5.97 Å². The van der Waals surface area contributed by atoms with Crippen LogP contribution in [0, 0.1) is 12.3 Å². The van der Waals surface area contributed by atoms with E-state index in [2.05, 4.69) is 16.9 Å². The summed E-state index contributed by atoms with van der Waals surface area (Å²) < 4.78 is 1.81. The Morgan fingerprint density at radius 1 is 1.61 bits per heavy atom. The highest BCUT2D eigenvalue weighted by Crippen LogP contribution is 2.35. The van der Waals surface area contributed by atoms with E-state index < -0.39 is 11.4 Å². The summed E-state index contributed by atoms with van der Waals surface area (Å²) in [6.07, 6.45) is 2.74. The van der Waals surface area contributed by atoms with Gasteiger partial charge in [-0.1, -0.05) is 0 Å². The van der Waals surface area contributed by atoms with Crippen molar-refractivity contribution in [2.24, 2.45) is 12.5 Å². The minimum absolute atomic E-state index is 0.222.